The molecule has 156 valence electrons. The number of nitrogens with zero attached hydrogens (tertiary/aromatic N) is 2. The summed E-state index contributed by atoms with van der Waals surface area (Å²) in [5.41, 5.74) is 3.19. The van der Waals surface area contributed by atoms with Crippen LogP contribution in [0.2, 0.25) is 0 Å². The molecule has 0 aliphatic carbocycles. The smallest absolute Gasteiger partial charge is 0.331 e. The highest BCUT2D eigenvalue weighted by Crippen LogP contribution is 2.30. The molecular formula is C22H28ClN3O3. The van der Waals surface area contributed by atoms with E-state index in [0.717, 1.165) is 62.1 Å². The molecule has 6 nitrogen and oxygen atoms in total. The number of hydrogen-bond acceptors (Lipinski definition) is 4. The first-order chi connectivity index (χ1) is 14.0. The molecule has 7 heteroatoms. The molecule has 0 unspecified atom stereocenters. The van der Waals surface area contributed by atoms with Gasteiger partial charge in [-0.3, -0.25) is 19.8 Å². The van der Waals surface area contributed by atoms with Crippen molar-refractivity contribution in [2.24, 2.45) is 0 Å². The van der Waals surface area contributed by atoms with E-state index < -0.39 is 17.8 Å². The van der Waals surface area contributed by atoms with Crippen LogP contribution in [0.3, 0.4) is 0 Å². The lowest BCUT2D eigenvalue weighted by molar-refractivity contribution is -0.130. The monoisotopic (exact) mass is 417 g/mol. The van der Waals surface area contributed by atoms with Crippen molar-refractivity contribution < 1.29 is 14.4 Å². The third-order valence-corrected chi connectivity index (χ3v) is 5.66. The van der Waals surface area contributed by atoms with Crippen molar-refractivity contribution in [2.75, 3.05) is 30.4 Å². The van der Waals surface area contributed by atoms with E-state index in [0.29, 0.717) is 12.4 Å². The molecule has 4 amide bonds. The van der Waals surface area contributed by atoms with Gasteiger partial charge in [-0.15, -0.1) is 11.6 Å². The molecule has 0 radical (unpaired) electrons. The summed E-state index contributed by atoms with van der Waals surface area (Å²) in [5.74, 6) is -0.505. The molecule has 0 spiro atoms. The van der Waals surface area contributed by atoms with Gasteiger partial charge in [0.25, 0.3) is 11.8 Å². The van der Waals surface area contributed by atoms with Gasteiger partial charge in [-0.05, 0) is 48.6 Å². The van der Waals surface area contributed by atoms with Gasteiger partial charge in [0, 0.05) is 31.2 Å². The van der Waals surface area contributed by atoms with Gasteiger partial charge in [0.2, 0.25) is 0 Å². The normalized spacial score (nSPS) is 17.9. The summed E-state index contributed by atoms with van der Waals surface area (Å²) in [6.45, 7) is 4.31. The molecule has 1 fully saturated rings. The van der Waals surface area contributed by atoms with Gasteiger partial charge in [-0.1, -0.05) is 32.3 Å². The molecule has 1 N–H and O–H groups in total. The summed E-state index contributed by atoms with van der Waals surface area (Å²) in [4.78, 5) is 40.6. The Balaban J connectivity index is 1.75. The number of unbranched alkanes of at least 4 members (excludes halogenated alkanes) is 3. The van der Waals surface area contributed by atoms with Crippen LogP contribution in [0.15, 0.2) is 23.8 Å². The number of anilines is 1. The SMILES string of the molecule is CCCCCCN1C(=O)NC(=O)C(=Cc2ccc3c(c2)CCN3CCCCl)C1=O. The second kappa shape index (κ2) is 9.92. The third kappa shape index (κ3) is 4.99. The lowest BCUT2D eigenvalue weighted by atomic mass is 10.0. The van der Waals surface area contributed by atoms with Crippen LogP contribution in [0, 0.1) is 0 Å². The molecule has 1 aromatic carbocycles. The Labute approximate surface area is 176 Å². The average molecular weight is 418 g/mol. The Bertz CT molecular complexity index is 822. The van der Waals surface area contributed by atoms with Crippen LogP contribution in [-0.2, 0) is 16.0 Å². The summed E-state index contributed by atoms with van der Waals surface area (Å²) in [7, 11) is 0. The molecule has 0 saturated carbocycles. The van der Waals surface area contributed by atoms with Crippen LogP contribution in [0.5, 0.6) is 0 Å². The van der Waals surface area contributed by atoms with Crippen LogP contribution in [-0.4, -0.2) is 48.3 Å². The van der Waals surface area contributed by atoms with Crippen molar-refractivity contribution in [3.05, 3.63) is 34.9 Å². The Morgan fingerprint density at radius 1 is 1.10 bits per heavy atom. The summed E-state index contributed by atoms with van der Waals surface area (Å²) in [6, 6.07) is 5.33. The maximum absolute atomic E-state index is 12.8. The fourth-order valence-electron chi connectivity index (χ4n) is 3.82. The van der Waals surface area contributed by atoms with E-state index in [-0.39, 0.29) is 5.57 Å². The number of imide groups is 2. The number of barbiturate groups is 1. The fourth-order valence-corrected chi connectivity index (χ4v) is 3.94. The van der Waals surface area contributed by atoms with Crippen molar-refractivity contribution in [1.82, 2.24) is 10.2 Å². The van der Waals surface area contributed by atoms with Crippen molar-refractivity contribution in [2.45, 2.75) is 45.4 Å². The molecule has 2 aliphatic rings. The second-order valence-electron chi connectivity index (χ2n) is 7.50. The Kier molecular flexibility index (Phi) is 7.31. The Morgan fingerprint density at radius 2 is 1.93 bits per heavy atom. The first kappa shape index (κ1) is 21.4. The lowest BCUT2D eigenvalue weighted by Crippen LogP contribution is -2.54. The first-order valence-corrected chi connectivity index (χ1v) is 10.9. The van der Waals surface area contributed by atoms with Gasteiger partial charge >= 0.3 is 6.03 Å². The van der Waals surface area contributed by atoms with Gasteiger partial charge in [-0.25, -0.2) is 4.79 Å². The number of carbonyl (C=O) groups excluding carboxylic acids is 3. The minimum Gasteiger partial charge on any atom is -0.371 e. The van der Waals surface area contributed by atoms with Gasteiger partial charge in [0.05, 0.1) is 0 Å². The van der Waals surface area contributed by atoms with Gasteiger partial charge in [0.15, 0.2) is 0 Å². The Morgan fingerprint density at radius 3 is 2.69 bits per heavy atom. The van der Waals surface area contributed by atoms with E-state index in [2.05, 4.69) is 17.1 Å². The number of halogens is 1. The van der Waals surface area contributed by atoms with Crippen LogP contribution in [0.1, 0.15) is 50.2 Å². The maximum atomic E-state index is 12.8. The number of nitrogens with one attached hydrogen (secondary N) is 1. The van der Waals surface area contributed by atoms with Gasteiger partial charge < -0.3 is 4.90 Å². The zero-order valence-corrected chi connectivity index (χ0v) is 17.6. The number of benzene rings is 1. The summed E-state index contributed by atoms with van der Waals surface area (Å²) in [6.07, 6.45) is 7.27. The zero-order chi connectivity index (χ0) is 20.8. The summed E-state index contributed by atoms with van der Waals surface area (Å²) < 4.78 is 0. The molecule has 0 bridgehead atoms. The van der Waals surface area contributed by atoms with Crippen molar-refractivity contribution >= 4 is 41.2 Å². The topological polar surface area (TPSA) is 69.7 Å². The highest BCUT2D eigenvalue weighted by atomic mass is 35.5. The van der Waals surface area contributed by atoms with Crippen LogP contribution in [0.4, 0.5) is 10.5 Å². The average Bonchev–Trinajstić information content (AvgIpc) is 3.11. The standard InChI is InChI=1S/C22H28ClN3O3/c1-2-3-4-5-12-26-21(28)18(20(27)24-22(26)29)15-16-7-8-19-17(14-16)9-13-25(19)11-6-10-23/h7-8,14-15H,2-6,9-13H2,1H3,(H,24,27,29). The summed E-state index contributed by atoms with van der Waals surface area (Å²) >= 11 is 5.81. The number of alkyl halides is 1. The van der Waals surface area contributed by atoms with Crippen molar-refractivity contribution in [1.29, 1.82) is 0 Å². The quantitative estimate of drug-likeness (QED) is 0.288. The number of amides is 4. The molecule has 1 aromatic rings. The van der Waals surface area contributed by atoms with E-state index in [1.165, 1.54) is 11.3 Å². The molecule has 0 atom stereocenters. The molecule has 2 heterocycles. The third-order valence-electron chi connectivity index (χ3n) is 5.39. The number of hydrogen-bond donors (Lipinski definition) is 1. The van der Waals surface area contributed by atoms with Crippen LogP contribution in [0.25, 0.3) is 6.08 Å². The number of rotatable bonds is 9. The number of urea groups is 1. The van der Waals surface area contributed by atoms with Crippen molar-refractivity contribution in [3.63, 3.8) is 0 Å². The fraction of sp³-hybridized carbons (Fsp3) is 0.500. The zero-order valence-electron chi connectivity index (χ0n) is 16.9. The molecule has 3 rings (SSSR count). The van der Waals surface area contributed by atoms with E-state index in [1.54, 1.807) is 6.08 Å². The number of carbonyl (C=O) groups is 3. The van der Waals surface area contributed by atoms with Crippen LogP contribution >= 0.6 is 11.6 Å². The predicted molar refractivity (Wildman–Crippen MR) is 115 cm³/mol. The first-order valence-electron chi connectivity index (χ1n) is 10.4. The molecular weight excluding hydrogens is 390 g/mol. The molecule has 2 aliphatic heterocycles. The lowest BCUT2D eigenvalue weighted by Gasteiger charge is -2.26. The minimum atomic E-state index is -0.631. The number of fused-ring (bicyclic) bond motifs is 1. The van der Waals surface area contributed by atoms with Gasteiger partial charge in [-0.2, -0.15) is 0 Å². The summed E-state index contributed by atoms with van der Waals surface area (Å²) in [5, 5.41) is 2.29. The Hall–Kier alpha value is -2.34. The van der Waals surface area contributed by atoms with E-state index in [4.69, 9.17) is 11.6 Å². The van der Waals surface area contributed by atoms with E-state index in [9.17, 15) is 14.4 Å². The van der Waals surface area contributed by atoms with E-state index >= 15 is 0 Å². The minimum absolute atomic E-state index is 0.0111. The molecule has 1 saturated heterocycles. The molecule has 29 heavy (non-hydrogen) atoms. The predicted octanol–water partition coefficient (Wildman–Crippen LogP) is 3.72. The van der Waals surface area contributed by atoms with E-state index in [1.807, 2.05) is 18.2 Å². The van der Waals surface area contributed by atoms with Gasteiger partial charge in [0.1, 0.15) is 5.57 Å². The highest BCUT2D eigenvalue weighted by Gasteiger charge is 2.35. The molecule has 0 aromatic heterocycles. The maximum Gasteiger partial charge on any atom is 0.331 e. The largest absolute Gasteiger partial charge is 0.371 e. The second-order valence-corrected chi connectivity index (χ2v) is 7.88. The van der Waals surface area contributed by atoms with Crippen LogP contribution < -0.4 is 10.2 Å². The highest BCUT2D eigenvalue weighted by molar-refractivity contribution is 6.31. The van der Waals surface area contributed by atoms with Crippen molar-refractivity contribution in [3.8, 4) is 0 Å².